The number of hydrogen-bond donors (Lipinski definition) is 0. The van der Waals surface area contributed by atoms with Gasteiger partial charge in [-0.15, -0.1) is 0 Å². The van der Waals surface area contributed by atoms with Gasteiger partial charge in [0.2, 0.25) is 0 Å². The number of alkyl halides is 2. The highest BCUT2D eigenvalue weighted by Crippen LogP contribution is 2.34. The first-order valence-electron chi connectivity index (χ1n) is 3.34. The molecule has 0 fully saturated rings. The molecule has 0 amide bonds. The van der Waals surface area contributed by atoms with E-state index in [0.717, 1.165) is 0 Å². The molecule has 0 spiro atoms. The van der Waals surface area contributed by atoms with E-state index in [0.29, 0.717) is 5.76 Å². The molecule has 2 atom stereocenters. The van der Waals surface area contributed by atoms with E-state index in [9.17, 15) is 4.39 Å². The number of methoxy groups -OCH3 is 1. The maximum atomic E-state index is 13.4. The van der Waals surface area contributed by atoms with Gasteiger partial charge in [-0.05, 0) is 13.0 Å². The van der Waals surface area contributed by atoms with Crippen molar-refractivity contribution in [3.8, 4) is 0 Å². The van der Waals surface area contributed by atoms with Crippen molar-refractivity contribution in [2.45, 2.75) is 16.5 Å². The maximum Gasteiger partial charge on any atom is 0.174 e. The summed E-state index contributed by atoms with van der Waals surface area (Å²) in [6, 6.07) is 0. The van der Waals surface area contributed by atoms with E-state index in [1.54, 1.807) is 6.08 Å². The Labute approximate surface area is 79.4 Å². The second-order valence-corrected chi connectivity index (χ2v) is 4.97. The second kappa shape index (κ2) is 3.13. The molecule has 0 saturated carbocycles. The predicted octanol–water partition coefficient (Wildman–Crippen LogP) is 2.62. The SMILES string of the molecule is COC1=CC=C[C@@](C)(I)C1F. The van der Waals surface area contributed by atoms with Gasteiger partial charge in [0, 0.05) is 0 Å². The summed E-state index contributed by atoms with van der Waals surface area (Å²) >= 11 is 2.07. The molecule has 0 radical (unpaired) electrons. The topological polar surface area (TPSA) is 9.23 Å². The van der Waals surface area contributed by atoms with Gasteiger partial charge in [-0.25, -0.2) is 4.39 Å². The standard InChI is InChI=1S/C8H10FIO/c1-8(10)5-3-4-6(11-2)7(8)9/h3-5,7H,1-2H3/t7?,8-/m1/s1. The van der Waals surface area contributed by atoms with E-state index in [4.69, 9.17) is 4.74 Å². The molecule has 0 heterocycles. The number of allylic oxidation sites excluding steroid dienone is 4. The summed E-state index contributed by atoms with van der Waals surface area (Å²) in [5, 5.41) is 0. The third kappa shape index (κ3) is 1.75. The average Bonchev–Trinajstić information content (AvgIpc) is 1.95. The largest absolute Gasteiger partial charge is 0.498 e. The first-order valence-corrected chi connectivity index (χ1v) is 4.42. The molecule has 62 valence electrons. The summed E-state index contributed by atoms with van der Waals surface area (Å²) in [7, 11) is 1.49. The van der Waals surface area contributed by atoms with Gasteiger partial charge >= 0.3 is 0 Å². The first kappa shape index (κ1) is 9.03. The van der Waals surface area contributed by atoms with Gasteiger partial charge in [-0.3, -0.25) is 0 Å². The second-order valence-electron chi connectivity index (χ2n) is 2.65. The quantitative estimate of drug-likeness (QED) is 0.524. The molecule has 0 aromatic rings. The van der Waals surface area contributed by atoms with Crippen LogP contribution in [-0.4, -0.2) is 16.7 Å². The highest BCUT2D eigenvalue weighted by molar-refractivity contribution is 14.1. The van der Waals surface area contributed by atoms with Gasteiger partial charge in [0.1, 0.15) is 5.76 Å². The average molecular weight is 268 g/mol. The zero-order chi connectivity index (χ0) is 8.48. The van der Waals surface area contributed by atoms with Crippen LogP contribution in [0, 0.1) is 0 Å². The molecule has 0 aromatic carbocycles. The van der Waals surface area contributed by atoms with Crippen LogP contribution in [0.2, 0.25) is 0 Å². The summed E-state index contributed by atoms with van der Waals surface area (Å²) in [5.74, 6) is 0.407. The van der Waals surface area contributed by atoms with Gasteiger partial charge in [-0.2, -0.15) is 0 Å². The van der Waals surface area contributed by atoms with Gasteiger partial charge < -0.3 is 4.74 Å². The van der Waals surface area contributed by atoms with Gasteiger partial charge in [0.25, 0.3) is 0 Å². The predicted molar refractivity (Wildman–Crippen MR) is 51.6 cm³/mol. The minimum absolute atomic E-state index is 0.407. The molecule has 3 heteroatoms. The molecule has 1 unspecified atom stereocenters. The van der Waals surface area contributed by atoms with Crippen molar-refractivity contribution in [2.24, 2.45) is 0 Å². The fraction of sp³-hybridized carbons (Fsp3) is 0.500. The van der Waals surface area contributed by atoms with E-state index in [-0.39, 0.29) is 0 Å². The smallest absolute Gasteiger partial charge is 0.174 e. The summed E-state index contributed by atoms with van der Waals surface area (Å²) in [6.45, 7) is 1.83. The highest BCUT2D eigenvalue weighted by Gasteiger charge is 2.34. The Morgan fingerprint density at radius 2 is 2.36 bits per heavy atom. The third-order valence-electron chi connectivity index (χ3n) is 1.66. The zero-order valence-corrected chi connectivity index (χ0v) is 8.63. The minimum Gasteiger partial charge on any atom is -0.498 e. The number of hydrogen-bond acceptors (Lipinski definition) is 1. The van der Waals surface area contributed by atoms with Gasteiger partial charge in [-0.1, -0.05) is 34.7 Å². The van der Waals surface area contributed by atoms with Crippen molar-refractivity contribution in [3.63, 3.8) is 0 Å². The van der Waals surface area contributed by atoms with Crippen molar-refractivity contribution in [1.82, 2.24) is 0 Å². The van der Waals surface area contributed by atoms with Crippen molar-refractivity contribution < 1.29 is 9.13 Å². The first-order chi connectivity index (χ1) is 5.08. The molecular formula is C8H10FIO. The highest BCUT2D eigenvalue weighted by atomic mass is 127. The molecule has 1 nitrogen and oxygen atoms in total. The fourth-order valence-corrected chi connectivity index (χ4v) is 1.46. The molecule has 0 aliphatic heterocycles. The molecule has 0 saturated heterocycles. The number of halogens is 2. The van der Waals surface area contributed by atoms with Crippen molar-refractivity contribution in [2.75, 3.05) is 7.11 Å². The lowest BCUT2D eigenvalue weighted by atomic mass is 9.99. The van der Waals surface area contributed by atoms with Crippen LogP contribution in [0.15, 0.2) is 24.0 Å². The summed E-state index contributed by atoms with van der Waals surface area (Å²) in [4.78, 5) is 0. The Bertz CT molecular complexity index is 208. The Kier molecular flexibility index (Phi) is 2.57. The third-order valence-corrected chi connectivity index (χ3v) is 2.57. The monoisotopic (exact) mass is 268 g/mol. The summed E-state index contributed by atoms with van der Waals surface area (Å²) < 4.78 is 17.8. The van der Waals surface area contributed by atoms with E-state index >= 15 is 0 Å². The zero-order valence-electron chi connectivity index (χ0n) is 6.47. The Morgan fingerprint density at radius 3 is 2.82 bits per heavy atom. The molecule has 0 bridgehead atoms. The summed E-state index contributed by atoms with van der Waals surface area (Å²) in [5.41, 5.74) is 0. The lowest BCUT2D eigenvalue weighted by Gasteiger charge is -2.26. The van der Waals surface area contributed by atoms with Crippen LogP contribution in [0.25, 0.3) is 0 Å². The lowest BCUT2D eigenvalue weighted by Crippen LogP contribution is -2.31. The van der Waals surface area contributed by atoms with Gasteiger partial charge in [0.05, 0.1) is 10.5 Å². The van der Waals surface area contributed by atoms with Crippen molar-refractivity contribution in [1.29, 1.82) is 0 Å². The molecule has 1 aliphatic carbocycles. The summed E-state index contributed by atoms with van der Waals surface area (Å²) in [6.07, 6.45) is 4.28. The molecule has 0 N–H and O–H groups in total. The van der Waals surface area contributed by atoms with Crippen LogP contribution in [0.1, 0.15) is 6.92 Å². The Balaban J connectivity index is 2.86. The normalized spacial score (nSPS) is 36.7. The van der Waals surface area contributed by atoms with E-state index < -0.39 is 9.59 Å². The Hall–Kier alpha value is -0.0600. The van der Waals surface area contributed by atoms with Crippen molar-refractivity contribution in [3.05, 3.63) is 24.0 Å². The van der Waals surface area contributed by atoms with Crippen LogP contribution in [0.4, 0.5) is 4.39 Å². The molecule has 1 aliphatic rings. The van der Waals surface area contributed by atoms with Gasteiger partial charge in [0.15, 0.2) is 6.17 Å². The van der Waals surface area contributed by atoms with E-state index in [1.165, 1.54) is 7.11 Å². The minimum atomic E-state index is -1.03. The maximum absolute atomic E-state index is 13.4. The molecule has 1 rings (SSSR count). The molecule has 11 heavy (non-hydrogen) atoms. The number of rotatable bonds is 1. The number of ether oxygens (including phenoxy) is 1. The van der Waals surface area contributed by atoms with Crippen molar-refractivity contribution >= 4 is 22.6 Å². The van der Waals surface area contributed by atoms with Crippen LogP contribution >= 0.6 is 22.6 Å². The lowest BCUT2D eigenvalue weighted by molar-refractivity contribution is 0.191. The van der Waals surface area contributed by atoms with Crippen LogP contribution in [0.5, 0.6) is 0 Å². The fourth-order valence-electron chi connectivity index (χ4n) is 0.950. The molecule has 0 aromatic heterocycles. The Morgan fingerprint density at radius 1 is 1.73 bits per heavy atom. The van der Waals surface area contributed by atoms with Crippen LogP contribution in [0.3, 0.4) is 0 Å². The van der Waals surface area contributed by atoms with E-state index in [1.807, 2.05) is 19.1 Å². The van der Waals surface area contributed by atoms with E-state index in [2.05, 4.69) is 22.6 Å². The molecular weight excluding hydrogens is 258 g/mol. The van der Waals surface area contributed by atoms with Crippen LogP contribution < -0.4 is 0 Å². The van der Waals surface area contributed by atoms with Crippen LogP contribution in [-0.2, 0) is 4.74 Å².